The van der Waals surface area contributed by atoms with Crippen molar-refractivity contribution in [3.05, 3.63) is 106 Å². The van der Waals surface area contributed by atoms with Crippen molar-refractivity contribution in [2.75, 3.05) is 6.54 Å². The van der Waals surface area contributed by atoms with Crippen molar-refractivity contribution < 1.29 is 22.7 Å². The minimum atomic E-state index is -4.74. The third kappa shape index (κ3) is 8.07. The summed E-state index contributed by atoms with van der Waals surface area (Å²) >= 11 is 1.45. The summed E-state index contributed by atoms with van der Waals surface area (Å²) in [6, 6.07) is 21.2. The molecule has 5 rings (SSSR count). The topological polar surface area (TPSA) is 86.3 Å². The van der Waals surface area contributed by atoms with Gasteiger partial charge < -0.3 is 10.1 Å². The smallest absolute Gasteiger partial charge is 0.406 e. The average Bonchev–Trinajstić information content (AvgIpc) is 3.66. The van der Waals surface area contributed by atoms with Crippen molar-refractivity contribution in [3.63, 3.8) is 0 Å². The summed E-state index contributed by atoms with van der Waals surface area (Å²) in [4.78, 5) is 22.0. The maximum atomic E-state index is 12.7. The zero-order valence-corrected chi connectivity index (χ0v) is 25.9. The molecule has 3 aromatic carbocycles. The number of nitrogens with zero attached hydrogens (tertiary/aromatic N) is 5. The van der Waals surface area contributed by atoms with Gasteiger partial charge in [0.25, 0.3) is 0 Å². The number of amides is 2. The van der Waals surface area contributed by atoms with Gasteiger partial charge in [0.05, 0.1) is 11.4 Å². The molecule has 2 aromatic heterocycles. The van der Waals surface area contributed by atoms with E-state index in [4.69, 9.17) is 0 Å². The van der Waals surface area contributed by atoms with Crippen LogP contribution in [0.5, 0.6) is 5.75 Å². The van der Waals surface area contributed by atoms with Crippen LogP contribution in [0, 0.1) is 6.92 Å². The number of benzene rings is 3. The predicted octanol–water partition coefficient (Wildman–Crippen LogP) is 7.75. The number of carbonyl (C=O) groups is 1. The first-order chi connectivity index (χ1) is 21.6. The van der Waals surface area contributed by atoms with Crippen LogP contribution in [0.2, 0.25) is 0 Å². The van der Waals surface area contributed by atoms with Crippen molar-refractivity contribution in [1.29, 1.82) is 0 Å². The van der Waals surface area contributed by atoms with Crippen LogP contribution in [0.25, 0.3) is 22.8 Å². The van der Waals surface area contributed by atoms with Crippen LogP contribution in [0.15, 0.2) is 89.5 Å². The number of urea groups is 1. The molecule has 0 aliphatic heterocycles. The molecule has 45 heavy (non-hydrogen) atoms. The fourth-order valence-corrected chi connectivity index (χ4v) is 5.83. The van der Waals surface area contributed by atoms with Crippen LogP contribution >= 0.6 is 11.3 Å². The fourth-order valence-electron chi connectivity index (χ4n) is 4.97. The highest BCUT2D eigenvalue weighted by Gasteiger charge is 2.31. The first-order valence-electron chi connectivity index (χ1n) is 14.6. The Morgan fingerprint density at radius 3 is 2.51 bits per heavy atom. The van der Waals surface area contributed by atoms with Crippen LogP contribution in [-0.2, 0) is 6.42 Å². The molecular formula is C33H33F3N6O2S. The maximum absolute atomic E-state index is 12.7. The number of nitrogens with one attached hydrogen (secondary N) is 1. The second-order valence-corrected chi connectivity index (χ2v) is 11.4. The van der Waals surface area contributed by atoms with Gasteiger partial charge in [0.2, 0.25) is 0 Å². The normalized spacial score (nSPS) is 12.7. The van der Waals surface area contributed by atoms with Gasteiger partial charge in [-0.2, -0.15) is 4.99 Å². The van der Waals surface area contributed by atoms with E-state index in [9.17, 15) is 18.0 Å². The molecule has 2 amide bonds. The van der Waals surface area contributed by atoms with Crippen molar-refractivity contribution >= 4 is 17.4 Å². The quantitative estimate of drug-likeness (QED) is 0.159. The Balaban J connectivity index is 1.13. The van der Waals surface area contributed by atoms with Crippen molar-refractivity contribution in [1.82, 2.24) is 24.6 Å². The largest absolute Gasteiger partial charge is 0.573 e. The van der Waals surface area contributed by atoms with Gasteiger partial charge >= 0.3 is 12.4 Å². The average molecular weight is 635 g/mol. The summed E-state index contributed by atoms with van der Waals surface area (Å²) < 4.78 is 44.7. The van der Waals surface area contributed by atoms with E-state index in [1.54, 1.807) is 0 Å². The highest BCUT2D eigenvalue weighted by molar-refractivity contribution is 7.07. The molecule has 0 aliphatic rings. The van der Waals surface area contributed by atoms with Gasteiger partial charge in [0.1, 0.15) is 12.1 Å². The van der Waals surface area contributed by atoms with Gasteiger partial charge in [0, 0.05) is 23.2 Å². The molecule has 1 N–H and O–H groups in total. The molecule has 0 saturated heterocycles. The van der Waals surface area contributed by atoms with Crippen molar-refractivity contribution in [2.45, 2.75) is 52.3 Å². The molecule has 5 aromatic rings. The second kappa shape index (κ2) is 13.9. The van der Waals surface area contributed by atoms with Crippen LogP contribution < -0.4 is 14.9 Å². The van der Waals surface area contributed by atoms with Crippen molar-refractivity contribution in [2.24, 2.45) is 4.99 Å². The number of hydrogen-bond donors (Lipinski definition) is 1. The molecule has 0 spiro atoms. The molecule has 12 heteroatoms. The summed E-state index contributed by atoms with van der Waals surface area (Å²) in [7, 11) is 0. The molecule has 0 bridgehead atoms. The van der Waals surface area contributed by atoms with Gasteiger partial charge in [-0.15, -0.1) is 29.6 Å². The molecule has 2 heterocycles. The fraction of sp³-hybridized carbons (Fsp3) is 0.273. The number of thiazole rings is 1. The SMILES string of the molecule is CCc1ccccc1-n1c(C)cs/c1=N\C(=O)NCCCC(C)c1ccc(-c2ncn(-c3ccc(OC(F)(F)F)cc3)n2)cc1. The van der Waals surface area contributed by atoms with Crippen LogP contribution in [0.4, 0.5) is 18.0 Å². The number of hydrogen-bond acceptors (Lipinski definition) is 5. The number of ether oxygens (including phenoxy) is 1. The number of halogens is 3. The Morgan fingerprint density at radius 2 is 1.80 bits per heavy atom. The van der Waals surface area contributed by atoms with E-state index in [-0.39, 0.29) is 17.7 Å². The standard InChI is InChI=1S/C33H33F3N6O2S/c1-4-24-9-5-6-10-29(24)42-23(3)20-45-32(42)39-31(43)37-19-7-8-22(2)25-11-13-26(14-12-25)30-38-21-41(40-30)27-15-17-28(18-16-27)44-33(34,35)36/h5-6,9-18,20-22H,4,7-8,19H2,1-3H3,(H,37,43)/b39-32-. The Hall–Kier alpha value is -4.71. The van der Waals surface area contributed by atoms with E-state index in [2.05, 4.69) is 51.1 Å². The summed E-state index contributed by atoms with van der Waals surface area (Å²) in [6.45, 7) is 6.79. The summed E-state index contributed by atoms with van der Waals surface area (Å²) in [5, 5.41) is 9.39. The third-order valence-corrected chi connectivity index (χ3v) is 8.29. The zero-order valence-electron chi connectivity index (χ0n) is 25.1. The summed E-state index contributed by atoms with van der Waals surface area (Å²) in [5.74, 6) is 0.462. The highest BCUT2D eigenvalue weighted by atomic mass is 32.1. The molecular weight excluding hydrogens is 601 g/mol. The molecule has 1 unspecified atom stereocenters. The monoisotopic (exact) mass is 634 g/mol. The van der Waals surface area contributed by atoms with Crippen molar-refractivity contribution in [3.8, 4) is 28.5 Å². The maximum Gasteiger partial charge on any atom is 0.573 e. The minimum Gasteiger partial charge on any atom is -0.406 e. The molecule has 8 nitrogen and oxygen atoms in total. The lowest BCUT2D eigenvalue weighted by atomic mass is 9.95. The first kappa shape index (κ1) is 31.7. The van der Waals surface area contributed by atoms with E-state index in [1.165, 1.54) is 52.2 Å². The van der Waals surface area contributed by atoms with E-state index in [1.807, 2.05) is 53.3 Å². The molecule has 234 valence electrons. The molecule has 0 fully saturated rings. The number of alkyl halides is 3. The Bertz CT molecular complexity index is 1810. The summed E-state index contributed by atoms with van der Waals surface area (Å²) in [5.41, 5.74) is 5.80. The lowest BCUT2D eigenvalue weighted by Crippen LogP contribution is -2.25. The highest BCUT2D eigenvalue weighted by Crippen LogP contribution is 2.26. The summed E-state index contributed by atoms with van der Waals surface area (Å²) in [6.07, 6.45) is -0.673. The second-order valence-electron chi connectivity index (χ2n) is 10.5. The molecule has 1 atom stereocenters. The van der Waals surface area contributed by atoms with Crippen LogP contribution in [0.3, 0.4) is 0 Å². The van der Waals surface area contributed by atoms with Crippen LogP contribution in [-0.4, -0.2) is 38.3 Å². The number of para-hydroxylation sites is 1. The van der Waals surface area contributed by atoms with E-state index in [0.29, 0.717) is 22.9 Å². The number of aryl methyl sites for hydroxylation is 2. The Labute approximate surface area is 262 Å². The zero-order chi connectivity index (χ0) is 32.0. The number of aromatic nitrogens is 4. The Morgan fingerprint density at radius 1 is 1.07 bits per heavy atom. The minimum absolute atomic E-state index is 0.267. The third-order valence-electron chi connectivity index (χ3n) is 7.34. The van der Waals surface area contributed by atoms with Gasteiger partial charge in [-0.25, -0.2) is 14.5 Å². The first-order valence-corrected chi connectivity index (χ1v) is 15.5. The van der Waals surface area contributed by atoms with Gasteiger partial charge in [-0.05, 0) is 73.6 Å². The molecule has 0 saturated carbocycles. The van der Waals surface area contributed by atoms with Gasteiger partial charge in [0.15, 0.2) is 10.6 Å². The van der Waals surface area contributed by atoms with Gasteiger partial charge in [-0.3, -0.25) is 4.57 Å². The molecule has 0 aliphatic carbocycles. The number of carbonyl (C=O) groups excluding carboxylic acids is 1. The Kier molecular flexibility index (Phi) is 9.82. The number of rotatable bonds is 10. The lowest BCUT2D eigenvalue weighted by molar-refractivity contribution is -0.274. The van der Waals surface area contributed by atoms with E-state index < -0.39 is 6.36 Å². The molecule has 0 radical (unpaired) electrons. The lowest BCUT2D eigenvalue weighted by Gasteiger charge is -2.12. The predicted molar refractivity (Wildman–Crippen MR) is 168 cm³/mol. The van der Waals surface area contributed by atoms with Crippen LogP contribution in [0.1, 0.15) is 49.4 Å². The van der Waals surface area contributed by atoms with E-state index >= 15 is 0 Å². The van der Waals surface area contributed by atoms with Gasteiger partial charge in [-0.1, -0.05) is 56.3 Å². The van der Waals surface area contributed by atoms with E-state index in [0.717, 1.165) is 41.8 Å².